The third-order valence-electron chi connectivity index (χ3n) is 3.12. The maximum absolute atomic E-state index is 8.50. The van der Waals surface area contributed by atoms with Gasteiger partial charge in [0.05, 0.1) is 52.9 Å². The van der Waals surface area contributed by atoms with E-state index in [4.69, 9.17) is 24.1 Å². The van der Waals surface area contributed by atoms with Gasteiger partial charge >= 0.3 is 0 Å². The van der Waals surface area contributed by atoms with Gasteiger partial charge in [0, 0.05) is 6.61 Å². The molecule has 0 bridgehead atoms. The fourth-order valence-corrected chi connectivity index (χ4v) is 2.00. The minimum Gasteiger partial charge on any atom is -0.394 e. The van der Waals surface area contributed by atoms with E-state index in [-0.39, 0.29) is 6.61 Å². The van der Waals surface area contributed by atoms with E-state index >= 15 is 0 Å². The first-order valence-electron chi connectivity index (χ1n) is 8.23. The Morgan fingerprint density at radius 3 is 1.67 bits per heavy atom. The highest BCUT2D eigenvalue weighted by Crippen LogP contribution is 2.11. The van der Waals surface area contributed by atoms with Gasteiger partial charge in [-0.05, 0) is 18.8 Å². The summed E-state index contributed by atoms with van der Waals surface area (Å²) in [4.78, 5) is 0. The molecule has 0 radical (unpaired) electrons. The van der Waals surface area contributed by atoms with Crippen molar-refractivity contribution in [2.45, 2.75) is 39.5 Å². The van der Waals surface area contributed by atoms with E-state index in [0.717, 1.165) is 18.9 Å². The van der Waals surface area contributed by atoms with Gasteiger partial charge in [-0.1, -0.05) is 26.7 Å². The lowest BCUT2D eigenvalue weighted by molar-refractivity contribution is -0.00593. The summed E-state index contributed by atoms with van der Waals surface area (Å²) >= 11 is 0. The summed E-state index contributed by atoms with van der Waals surface area (Å²) < 4.78 is 21.3. The van der Waals surface area contributed by atoms with Gasteiger partial charge in [0.2, 0.25) is 0 Å². The molecule has 0 aliphatic carbocycles. The Hall–Kier alpha value is -0.200. The van der Waals surface area contributed by atoms with Gasteiger partial charge in [0.1, 0.15) is 0 Å². The van der Waals surface area contributed by atoms with Crippen molar-refractivity contribution in [1.82, 2.24) is 0 Å². The molecule has 1 N–H and O–H groups in total. The van der Waals surface area contributed by atoms with Crippen LogP contribution in [-0.4, -0.2) is 64.6 Å². The molecule has 0 aromatic heterocycles. The van der Waals surface area contributed by atoms with Gasteiger partial charge in [-0.2, -0.15) is 0 Å². The van der Waals surface area contributed by atoms with Crippen molar-refractivity contribution in [2.75, 3.05) is 59.5 Å². The normalized spacial score (nSPS) is 12.7. The fraction of sp³-hybridized carbons (Fsp3) is 1.00. The zero-order valence-electron chi connectivity index (χ0n) is 13.8. The van der Waals surface area contributed by atoms with Crippen molar-refractivity contribution >= 4 is 0 Å². The summed E-state index contributed by atoms with van der Waals surface area (Å²) in [5.41, 5.74) is 0. The summed E-state index contributed by atoms with van der Waals surface area (Å²) in [5, 5.41) is 8.50. The van der Waals surface area contributed by atoms with E-state index in [1.54, 1.807) is 0 Å². The monoisotopic (exact) mass is 306 g/mol. The highest BCUT2D eigenvalue weighted by molar-refractivity contribution is 4.51. The van der Waals surface area contributed by atoms with E-state index in [1.807, 2.05) is 0 Å². The standard InChI is InChI=1S/C16H34O5/c1-3-5-16(2)6-4-8-18-10-12-20-14-15-21-13-11-19-9-7-17/h16-17H,3-15H2,1-2H3. The van der Waals surface area contributed by atoms with Crippen LogP contribution in [-0.2, 0) is 18.9 Å². The molecule has 0 aromatic rings. The zero-order chi connectivity index (χ0) is 15.6. The molecule has 1 atom stereocenters. The lowest BCUT2D eigenvalue weighted by atomic mass is 10.0. The van der Waals surface area contributed by atoms with Crippen molar-refractivity contribution in [3.05, 3.63) is 0 Å². The van der Waals surface area contributed by atoms with Crippen molar-refractivity contribution in [2.24, 2.45) is 5.92 Å². The molecule has 0 amide bonds. The summed E-state index contributed by atoms with van der Waals surface area (Å²) in [7, 11) is 0. The topological polar surface area (TPSA) is 57.2 Å². The number of aliphatic hydroxyl groups excluding tert-OH is 1. The third kappa shape index (κ3) is 17.7. The van der Waals surface area contributed by atoms with Gasteiger partial charge in [-0.25, -0.2) is 0 Å². The molecule has 0 aliphatic heterocycles. The molecular formula is C16H34O5. The van der Waals surface area contributed by atoms with Crippen LogP contribution in [0.25, 0.3) is 0 Å². The number of aliphatic hydroxyl groups is 1. The second-order valence-corrected chi connectivity index (χ2v) is 5.21. The van der Waals surface area contributed by atoms with Crippen molar-refractivity contribution in [3.8, 4) is 0 Å². The van der Waals surface area contributed by atoms with Crippen LogP contribution in [0.15, 0.2) is 0 Å². The zero-order valence-corrected chi connectivity index (χ0v) is 13.8. The summed E-state index contributed by atoms with van der Waals surface area (Å²) in [5.74, 6) is 0.813. The fourth-order valence-electron chi connectivity index (χ4n) is 2.00. The Kier molecular flexibility index (Phi) is 17.7. The highest BCUT2D eigenvalue weighted by atomic mass is 16.6. The first kappa shape index (κ1) is 20.8. The second kappa shape index (κ2) is 17.9. The van der Waals surface area contributed by atoms with E-state index in [0.29, 0.717) is 46.2 Å². The average Bonchev–Trinajstić information content (AvgIpc) is 2.48. The van der Waals surface area contributed by atoms with Gasteiger partial charge in [-0.15, -0.1) is 0 Å². The maximum atomic E-state index is 8.50. The molecule has 5 heteroatoms. The predicted molar refractivity (Wildman–Crippen MR) is 83.7 cm³/mol. The molecule has 0 spiro atoms. The molecule has 128 valence electrons. The quantitative estimate of drug-likeness (QED) is 0.418. The van der Waals surface area contributed by atoms with Crippen LogP contribution in [0.2, 0.25) is 0 Å². The van der Waals surface area contributed by atoms with Crippen LogP contribution in [0.1, 0.15) is 39.5 Å². The molecule has 0 rings (SSSR count). The molecule has 5 nitrogen and oxygen atoms in total. The minimum atomic E-state index is 0.0562. The Balaban J connectivity index is 2.99. The maximum Gasteiger partial charge on any atom is 0.0701 e. The van der Waals surface area contributed by atoms with Crippen LogP contribution < -0.4 is 0 Å². The second-order valence-electron chi connectivity index (χ2n) is 5.21. The number of rotatable bonds is 17. The Morgan fingerprint density at radius 2 is 1.19 bits per heavy atom. The molecule has 0 aromatic carbocycles. The summed E-state index contributed by atoms with van der Waals surface area (Å²) in [6.45, 7) is 9.27. The van der Waals surface area contributed by atoms with Crippen molar-refractivity contribution in [3.63, 3.8) is 0 Å². The summed E-state index contributed by atoms with van der Waals surface area (Å²) in [6.07, 6.45) is 4.97. The van der Waals surface area contributed by atoms with Crippen LogP contribution in [0.5, 0.6) is 0 Å². The molecule has 0 saturated carbocycles. The Labute approximate surface area is 129 Å². The minimum absolute atomic E-state index is 0.0562. The molecule has 1 unspecified atom stereocenters. The molecule has 0 saturated heterocycles. The largest absolute Gasteiger partial charge is 0.394 e. The Bertz CT molecular complexity index is 190. The summed E-state index contributed by atoms with van der Waals surface area (Å²) in [6, 6.07) is 0. The van der Waals surface area contributed by atoms with E-state index in [2.05, 4.69) is 13.8 Å². The first-order valence-corrected chi connectivity index (χ1v) is 8.23. The van der Waals surface area contributed by atoms with Crippen LogP contribution in [0, 0.1) is 5.92 Å². The third-order valence-corrected chi connectivity index (χ3v) is 3.12. The van der Waals surface area contributed by atoms with Crippen LogP contribution in [0.4, 0.5) is 0 Å². The van der Waals surface area contributed by atoms with E-state index in [9.17, 15) is 0 Å². The average molecular weight is 306 g/mol. The van der Waals surface area contributed by atoms with E-state index < -0.39 is 0 Å². The van der Waals surface area contributed by atoms with Crippen molar-refractivity contribution < 1.29 is 24.1 Å². The number of hydrogen-bond acceptors (Lipinski definition) is 5. The lowest BCUT2D eigenvalue weighted by Gasteiger charge is -2.10. The lowest BCUT2D eigenvalue weighted by Crippen LogP contribution is -2.12. The molecule has 0 aliphatic rings. The number of ether oxygens (including phenoxy) is 4. The van der Waals surface area contributed by atoms with E-state index in [1.165, 1.54) is 19.3 Å². The predicted octanol–water partition coefficient (Wildman–Crippen LogP) is 2.26. The van der Waals surface area contributed by atoms with Gasteiger partial charge in [0.25, 0.3) is 0 Å². The highest BCUT2D eigenvalue weighted by Gasteiger charge is 2.00. The van der Waals surface area contributed by atoms with Crippen LogP contribution >= 0.6 is 0 Å². The smallest absolute Gasteiger partial charge is 0.0701 e. The molecule has 0 heterocycles. The van der Waals surface area contributed by atoms with Gasteiger partial charge in [0.15, 0.2) is 0 Å². The van der Waals surface area contributed by atoms with Crippen molar-refractivity contribution in [1.29, 1.82) is 0 Å². The molecular weight excluding hydrogens is 272 g/mol. The SMILES string of the molecule is CCCC(C)CCCOCCOCCOCCOCCO. The van der Waals surface area contributed by atoms with Gasteiger partial charge < -0.3 is 24.1 Å². The first-order chi connectivity index (χ1) is 10.3. The number of hydrogen-bond donors (Lipinski definition) is 1. The van der Waals surface area contributed by atoms with Gasteiger partial charge in [-0.3, -0.25) is 0 Å². The molecule has 21 heavy (non-hydrogen) atoms. The molecule has 0 fully saturated rings. The van der Waals surface area contributed by atoms with Crippen LogP contribution in [0.3, 0.4) is 0 Å². The Morgan fingerprint density at radius 1 is 0.714 bits per heavy atom.